The predicted molar refractivity (Wildman–Crippen MR) is 91.1 cm³/mol. The van der Waals surface area contributed by atoms with E-state index in [1.807, 2.05) is 44.2 Å². The number of hydrogen-bond donors (Lipinski definition) is 0. The average Bonchev–Trinajstić information content (AvgIpc) is 2.53. The molecule has 4 nitrogen and oxygen atoms in total. The summed E-state index contributed by atoms with van der Waals surface area (Å²) in [6.07, 6.45) is 0. The molecule has 0 unspecified atom stereocenters. The van der Waals surface area contributed by atoms with Crippen molar-refractivity contribution in [1.29, 1.82) is 0 Å². The lowest BCUT2D eigenvalue weighted by molar-refractivity contribution is -0.139. The summed E-state index contributed by atoms with van der Waals surface area (Å²) in [7, 11) is 0. The van der Waals surface area contributed by atoms with Crippen molar-refractivity contribution in [3.05, 3.63) is 48.0 Å². The number of hydrogen-bond acceptors (Lipinski definition) is 4. The Kier molecular flexibility index (Phi) is 5.63. The van der Waals surface area contributed by atoms with Crippen LogP contribution in [0.3, 0.4) is 0 Å². The van der Waals surface area contributed by atoms with Crippen molar-refractivity contribution in [2.24, 2.45) is 0 Å². The lowest BCUT2D eigenvalue weighted by Crippen LogP contribution is -2.13. The van der Waals surface area contributed by atoms with Crippen LogP contribution < -0.4 is 9.47 Å². The van der Waals surface area contributed by atoms with Gasteiger partial charge >= 0.3 is 5.97 Å². The van der Waals surface area contributed by atoms with E-state index in [1.165, 1.54) is 0 Å². The molecule has 2 aromatic rings. The molecule has 0 fully saturated rings. The third kappa shape index (κ3) is 4.03. The van der Waals surface area contributed by atoms with Crippen LogP contribution in [0.2, 0.25) is 0 Å². The number of carbonyl (C=O) groups excluding carboxylic acids is 1. The molecule has 0 N–H and O–H groups in total. The number of benzene rings is 2. The number of ether oxygens (including phenoxy) is 3. The van der Waals surface area contributed by atoms with Crippen molar-refractivity contribution in [2.75, 3.05) is 19.8 Å². The zero-order chi connectivity index (χ0) is 16.8. The van der Waals surface area contributed by atoms with E-state index in [1.54, 1.807) is 6.92 Å². The molecule has 2 aromatic carbocycles. The summed E-state index contributed by atoms with van der Waals surface area (Å²) in [4.78, 5) is 11.4. The minimum absolute atomic E-state index is 0.187. The SMILES string of the molecule is C=C(C)C(=O)OCCOc1c(C)cc(OCC)c2ccccc12. The van der Waals surface area contributed by atoms with Crippen molar-refractivity contribution in [3.63, 3.8) is 0 Å². The van der Waals surface area contributed by atoms with Gasteiger partial charge in [0.2, 0.25) is 0 Å². The summed E-state index contributed by atoms with van der Waals surface area (Å²) >= 11 is 0. The Balaban J connectivity index is 2.17. The van der Waals surface area contributed by atoms with Crippen LogP contribution in [-0.2, 0) is 9.53 Å². The maximum absolute atomic E-state index is 11.4. The van der Waals surface area contributed by atoms with Crippen LogP contribution in [0.5, 0.6) is 11.5 Å². The van der Waals surface area contributed by atoms with Gasteiger partial charge in [-0.05, 0) is 32.4 Å². The zero-order valence-corrected chi connectivity index (χ0v) is 13.8. The molecular formula is C19H22O4. The van der Waals surface area contributed by atoms with E-state index >= 15 is 0 Å². The highest BCUT2D eigenvalue weighted by molar-refractivity contribution is 5.94. The molecule has 0 saturated heterocycles. The standard InChI is InChI=1S/C19H22O4/c1-5-21-17-12-14(4)18(16-9-7-6-8-15(16)17)22-10-11-23-19(20)13(2)3/h6-9,12H,2,5,10-11H2,1,3-4H3. The molecule has 0 aliphatic heterocycles. The van der Waals surface area contributed by atoms with E-state index in [-0.39, 0.29) is 13.2 Å². The number of fused-ring (bicyclic) bond motifs is 1. The van der Waals surface area contributed by atoms with Crippen LogP contribution in [0.1, 0.15) is 19.4 Å². The molecule has 23 heavy (non-hydrogen) atoms. The first-order chi connectivity index (χ1) is 11.0. The maximum atomic E-state index is 11.4. The van der Waals surface area contributed by atoms with E-state index in [0.29, 0.717) is 12.2 Å². The number of aryl methyl sites for hydroxylation is 1. The zero-order valence-electron chi connectivity index (χ0n) is 13.8. The van der Waals surface area contributed by atoms with Crippen LogP contribution in [0.15, 0.2) is 42.5 Å². The quantitative estimate of drug-likeness (QED) is 0.439. The fourth-order valence-corrected chi connectivity index (χ4v) is 2.32. The predicted octanol–water partition coefficient (Wildman–Crippen LogP) is 4.05. The molecule has 0 radical (unpaired) electrons. The maximum Gasteiger partial charge on any atom is 0.333 e. The van der Waals surface area contributed by atoms with Crippen LogP contribution in [-0.4, -0.2) is 25.8 Å². The van der Waals surface area contributed by atoms with Gasteiger partial charge in [-0.25, -0.2) is 4.79 Å². The minimum atomic E-state index is -0.401. The Morgan fingerprint density at radius 1 is 1.13 bits per heavy atom. The highest BCUT2D eigenvalue weighted by Crippen LogP contribution is 2.36. The first-order valence-electron chi connectivity index (χ1n) is 7.65. The molecule has 0 bridgehead atoms. The van der Waals surface area contributed by atoms with Crippen LogP contribution in [0.4, 0.5) is 0 Å². The molecule has 2 rings (SSSR count). The normalized spacial score (nSPS) is 10.4. The van der Waals surface area contributed by atoms with Gasteiger partial charge in [0.05, 0.1) is 6.61 Å². The molecule has 0 heterocycles. The average molecular weight is 314 g/mol. The van der Waals surface area contributed by atoms with Crippen molar-refractivity contribution < 1.29 is 19.0 Å². The van der Waals surface area contributed by atoms with Crippen LogP contribution in [0.25, 0.3) is 10.8 Å². The van der Waals surface area contributed by atoms with Crippen molar-refractivity contribution >= 4 is 16.7 Å². The molecule has 0 aliphatic carbocycles. The topological polar surface area (TPSA) is 44.8 Å². The van der Waals surface area contributed by atoms with Gasteiger partial charge in [0, 0.05) is 16.3 Å². The van der Waals surface area contributed by atoms with E-state index < -0.39 is 5.97 Å². The third-order valence-electron chi connectivity index (χ3n) is 3.35. The van der Waals surface area contributed by atoms with Crippen molar-refractivity contribution in [1.82, 2.24) is 0 Å². The summed E-state index contributed by atoms with van der Waals surface area (Å²) in [6.45, 7) is 10.2. The molecule has 0 amide bonds. The lowest BCUT2D eigenvalue weighted by atomic mass is 10.0. The Bertz CT molecular complexity index is 719. The minimum Gasteiger partial charge on any atom is -0.493 e. The van der Waals surface area contributed by atoms with Crippen molar-refractivity contribution in [3.8, 4) is 11.5 Å². The van der Waals surface area contributed by atoms with E-state index in [2.05, 4.69) is 6.58 Å². The molecular weight excluding hydrogens is 292 g/mol. The van der Waals surface area contributed by atoms with Gasteiger partial charge in [-0.1, -0.05) is 30.8 Å². The highest BCUT2D eigenvalue weighted by Gasteiger charge is 2.12. The summed E-state index contributed by atoms with van der Waals surface area (Å²) in [5.74, 6) is 1.24. The second-order valence-electron chi connectivity index (χ2n) is 5.26. The Hall–Kier alpha value is -2.49. The summed E-state index contributed by atoms with van der Waals surface area (Å²) in [5, 5.41) is 2.00. The Morgan fingerprint density at radius 3 is 2.48 bits per heavy atom. The molecule has 0 aliphatic rings. The summed E-state index contributed by atoms with van der Waals surface area (Å²) in [6, 6.07) is 9.92. The fraction of sp³-hybridized carbons (Fsp3) is 0.316. The van der Waals surface area contributed by atoms with E-state index in [4.69, 9.17) is 14.2 Å². The Morgan fingerprint density at radius 2 is 1.83 bits per heavy atom. The van der Waals surface area contributed by atoms with Gasteiger partial charge in [-0.2, -0.15) is 0 Å². The number of esters is 1. The number of rotatable bonds is 7. The number of carbonyl (C=O) groups is 1. The van der Waals surface area contributed by atoms with Gasteiger partial charge in [-0.15, -0.1) is 0 Å². The first kappa shape index (κ1) is 16.9. The highest BCUT2D eigenvalue weighted by atomic mass is 16.6. The van der Waals surface area contributed by atoms with Crippen LogP contribution in [0, 0.1) is 6.92 Å². The smallest absolute Gasteiger partial charge is 0.333 e. The van der Waals surface area contributed by atoms with Gasteiger partial charge in [0.25, 0.3) is 0 Å². The van der Waals surface area contributed by atoms with Gasteiger partial charge in [0.15, 0.2) is 0 Å². The molecule has 0 atom stereocenters. The molecule has 0 aromatic heterocycles. The third-order valence-corrected chi connectivity index (χ3v) is 3.35. The first-order valence-corrected chi connectivity index (χ1v) is 7.65. The molecule has 122 valence electrons. The molecule has 0 spiro atoms. The van der Waals surface area contributed by atoms with Crippen molar-refractivity contribution in [2.45, 2.75) is 20.8 Å². The monoisotopic (exact) mass is 314 g/mol. The van der Waals surface area contributed by atoms with Gasteiger partial charge in [-0.3, -0.25) is 0 Å². The second-order valence-corrected chi connectivity index (χ2v) is 5.26. The van der Waals surface area contributed by atoms with Crippen LogP contribution >= 0.6 is 0 Å². The lowest BCUT2D eigenvalue weighted by Gasteiger charge is -2.15. The summed E-state index contributed by atoms with van der Waals surface area (Å²) < 4.78 is 16.6. The Labute approximate surface area is 136 Å². The largest absolute Gasteiger partial charge is 0.493 e. The van der Waals surface area contributed by atoms with Gasteiger partial charge < -0.3 is 14.2 Å². The van der Waals surface area contributed by atoms with E-state index in [0.717, 1.165) is 27.8 Å². The molecule has 4 heteroatoms. The van der Waals surface area contributed by atoms with E-state index in [9.17, 15) is 4.79 Å². The second kappa shape index (κ2) is 7.68. The fourth-order valence-electron chi connectivity index (χ4n) is 2.32. The summed E-state index contributed by atoms with van der Waals surface area (Å²) in [5.41, 5.74) is 1.37. The van der Waals surface area contributed by atoms with Gasteiger partial charge in [0.1, 0.15) is 24.7 Å². The molecule has 0 saturated carbocycles.